The van der Waals surface area contributed by atoms with Crippen LogP contribution in [0.2, 0.25) is 0 Å². The standard InChI is InChI=1S/C17H30N2O2/c1-17(2,3)21-16(20)18-12-13-8-4-7-11-15(13)19-14-9-5-6-10-14/h5-6,13-15,19H,4,7-12H2,1-3H3,(H,18,20). The maximum absolute atomic E-state index is 11.8. The summed E-state index contributed by atoms with van der Waals surface area (Å²) in [5, 5.41) is 6.73. The fourth-order valence-electron chi connectivity index (χ4n) is 3.26. The zero-order valence-electron chi connectivity index (χ0n) is 13.7. The number of ether oxygens (including phenoxy) is 1. The molecule has 0 aromatic rings. The van der Waals surface area contributed by atoms with Crippen molar-refractivity contribution in [2.45, 2.75) is 77.0 Å². The number of carbonyl (C=O) groups is 1. The molecule has 1 fully saturated rings. The van der Waals surface area contributed by atoms with E-state index in [-0.39, 0.29) is 6.09 Å². The molecule has 2 N–H and O–H groups in total. The van der Waals surface area contributed by atoms with Crippen LogP contribution in [0.1, 0.15) is 59.3 Å². The van der Waals surface area contributed by atoms with Crippen LogP contribution < -0.4 is 10.6 Å². The Bertz CT molecular complexity index is 365. The Morgan fingerprint density at radius 1 is 1.19 bits per heavy atom. The number of alkyl carbamates (subject to hydrolysis) is 1. The van der Waals surface area contributed by atoms with Gasteiger partial charge in [0.1, 0.15) is 5.60 Å². The second-order valence-corrected chi connectivity index (χ2v) is 7.34. The zero-order valence-corrected chi connectivity index (χ0v) is 13.7. The molecule has 2 atom stereocenters. The van der Waals surface area contributed by atoms with Gasteiger partial charge in [-0.15, -0.1) is 0 Å². The van der Waals surface area contributed by atoms with E-state index in [1.54, 1.807) is 0 Å². The molecular formula is C17H30N2O2. The molecule has 120 valence electrons. The third-order valence-electron chi connectivity index (χ3n) is 4.27. The maximum Gasteiger partial charge on any atom is 0.407 e. The van der Waals surface area contributed by atoms with Crippen molar-refractivity contribution in [3.63, 3.8) is 0 Å². The van der Waals surface area contributed by atoms with Gasteiger partial charge in [-0.2, -0.15) is 0 Å². The summed E-state index contributed by atoms with van der Waals surface area (Å²) in [5.41, 5.74) is -0.427. The number of nitrogens with one attached hydrogen (secondary N) is 2. The second-order valence-electron chi connectivity index (χ2n) is 7.34. The monoisotopic (exact) mass is 294 g/mol. The van der Waals surface area contributed by atoms with Crippen LogP contribution >= 0.6 is 0 Å². The third kappa shape index (κ3) is 5.70. The number of carbonyl (C=O) groups excluding carboxylic acids is 1. The molecule has 4 heteroatoms. The normalized spacial score (nSPS) is 26.8. The molecule has 0 aromatic heterocycles. The summed E-state index contributed by atoms with van der Waals surface area (Å²) in [6, 6.07) is 1.12. The summed E-state index contributed by atoms with van der Waals surface area (Å²) in [4.78, 5) is 11.8. The zero-order chi connectivity index (χ0) is 15.3. The minimum Gasteiger partial charge on any atom is -0.444 e. The van der Waals surface area contributed by atoms with E-state index in [2.05, 4.69) is 22.8 Å². The van der Waals surface area contributed by atoms with Crippen LogP contribution in [0, 0.1) is 5.92 Å². The van der Waals surface area contributed by atoms with Gasteiger partial charge in [0.15, 0.2) is 0 Å². The van der Waals surface area contributed by atoms with Gasteiger partial charge in [-0.25, -0.2) is 4.79 Å². The van der Waals surface area contributed by atoms with Gasteiger partial charge in [-0.05, 0) is 52.4 Å². The predicted molar refractivity (Wildman–Crippen MR) is 85.3 cm³/mol. The van der Waals surface area contributed by atoms with E-state index in [0.29, 0.717) is 24.5 Å². The van der Waals surface area contributed by atoms with Crippen molar-refractivity contribution < 1.29 is 9.53 Å². The molecule has 2 aliphatic carbocycles. The van der Waals surface area contributed by atoms with Gasteiger partial charge >= 0.3 is 6.09 Å². The first-order valence-electron chi connectivity index (χ1n) is 8.32. The Morgan fingerprint density at radius 2 is 1.86 bits per heavy atom. The number of amides is 1. The van der Waals surface area contributed by atoms with Crippen molar-refractivity contribution in [3.05, 3.63) is 12.2 Å². The molecule has 0 bridgehead atoms. The van der Waals surface area contributed by atoms with Crippen LogP contribution in [0.15, 0.2) is 12.2 Å². The lowest BCUT2D eigenvalue weighted by Gasteiger charge is -2.34. The van der Waals surface area contributed by atoms with Gasteiger partial charge in [-0.3, -0.25) is 0 Å². The lowest BCUT2D eigenvalue weighted by atomic mass is 9.84. The molecule has 0 aliphatic heterocycles. The summed E-state index contributed by atoms with van der Waals surface area (Å²) in [6.07, 6.45) is 11.5. The SMILES string of the molecule is CC(C)(C)OC(=O)NCC1CCCCC1NC1CC=CC1. The van der Waals surface area contributed by atoms with Crippen LogP contribution in [0.4, 0.5) is 4.79 Å². The second kappa shape index (κ2) is 7.30. The first-order valence-corrected chi connectivity index (χ1v) is 8.32. The minimum absolute atomic E-state index is 0.297. The van der Waals surface area contributed by atoms with E-state index in [9.17, 15) is 4.79 Å². The summed E-state index contributed by atoms with van der Waals surface area (Å²) in [6.45, 7) is 6.40. The molecule has 21 heavy (non-hydrogen) atoms. The topological polar surface area (TPSA) is 50.4 Å². The average Bonchev–Trinajstić information content (AvgIpc) is 2.88. The lowest BCUT2D eigenvalue weighted by Crippen LogP contribution is -2.47. The van der Waals surface area contributed by atoms with E-state index >= 15 is 0 Å². The van der Waals surface area contributed by atoms with Gasteiger partial charge in [0.25, 0.3) is 0 Å². The fraction of sp³-hybridized carbons (Fsp3) is 0.824. The average molecular weight is 294 g/mol. The van der Waals surface area contributed by atoms with Crippen molar-refractivity contribution in [2.24, 2.45) is 5.92 Å². The molecule has 0 heterocycles. The summed E-state index contributed by atoms with van der Waals surface area (Å²) < 4.78 is 5.32. The van der Waals surface area contributed by atoms with E-state index in [1.807, 2.05) is 20.8 Å². The highest BCUT2D eigenvalue weighted by Crippen LogP contribution is 2.26. The predicted octanol–water partition coefficient (Wildman–Crippen LogP) is 3.38. The summed E-state index contributed by atoms with van der Waals surface area (Å²) in [5.74, 6) is 0.520. The Hall–Kier alpha value is -1.03. The molecule has 4 nitrogen and oxygen atoms in total. The van der Waals surface area contributed by atoms with Crippen molar-refractivity contribution >= 4 is 6.09 Å². The van der Waals surface area contributed by atoms with Gasteiger partial charge in [0.05, 0.1) is 0 Å². The molecule has 1 amide bonds. The highest BCUT2D eigenvalue weighted by atomic mass is 16.6. The Balaban J connectivity index is 1.77. The summed E-state index contributed by atoms with van der Waals surface area (Å²) >= 11 is 0. The Kier molecular flexibility index (Phi) is 5.68. The third-order valence-corrected chi connectivity index (χ3v) is 4.27. The molecule has 2 rings (SSSR count). The van der Waals surface area contributed by atoms with Crippen molar-refractivity contribution in [1.82, 2.24) is 10.6 Å². The Morgan fingerprint density at radius 3 is 2.52 bits per heavy atom. The molecule has 2 aliphatic rings. The van der Waals surface area contributed by atoms with Crippen molar-refractivity contribution in [1.29, 1.82) is 0 Å². The minimum atomic E-state index is -0.427. The van der Waals surface area contributed by atoms with Gasteiger partial charge in [0, 0.05) is 18.6 Å². The van der Waals surface area contributed by atoms with Crippen molar-refractivity contribution in [3.8, 4) is 0 Å². The van der Waals surface area contributed by atoms with Gasteiger partial charge < -0.3 is 15.4 Å². The van der Waals surface area contributed by atoms with E-state index < -0.39 is 5.60 Å². The molecule has 0 aromatic carbocycles. The number of hydrogen-bond donors (Lipinski definition) is 2. The molecular weight excluding hydrogens is 264 g/mol. The van der Waals surface area contributed by atoms with Gasteiger partial charge in [0.2, 0.25) is 0 Å². The number of hydrogen-bond acceptors (Lipinski definition) is 3. The molecule has 0 saturated heterocycles. The smallest absolute Gasteiger partial charge is 0.407 e. The maximum atomic E-state index is 11.8. The van der Waals surface area contributed by atoms with Crippen LogP contribution in [0.25, 0.3) is 0 Å². The number of rotatable bonds is 4. The Labute approximate surface area is 128 Å². The van der Waals surface area contributed by atoms with Crippen LogP contribution in [0.5, 0.6) is 0 Å². The van der Waals surface area contributed by atoms with Crippen LogP contribution in [-0.4, -0.2) is 30.3 Å². The van der Waals surface area contributed by atoms with E-state index in [4.69, 9.17) is 4.74 Å². The van der Waals surface area contributed by atoms with E-state index in [0.717, 1.165) is 12.8 Å². The van der Waals surface area contributed by atoms with Gasteiger partial charge in [-0.1, -0.05) is 25.0 Å². The fourth-order valence-corrected chi connectivity index (χ4v) is 3.26. The lowest BCUT2D eigenvalue weighted by molar-refractivity contribution is 0.0510. The largest absolute Gasteiger partial charge is 0.444 e. The molecule has 0 spiro atoms. The van der Waals surface area contributed by atoms with Crippen LogP contribution in [-0.2, 0) is 4.74 Å². The highest BCUT2D eigenvalue weighted by molar-refractivity contribution is 5.67. The molecule has 1 saturated carbocycles. The quantitative estimate of drug-likeness (QED) is 0.782. The van der Waals surface area contributed by atoms with Crippen LogP contribution in [0.3, 0.4) is 0 Å². The molecule has 2 unspecified atom stereocenters. The van der Waals surface area contributed by atoms with Crippen molar-refractivity contribution in [2.75, 3.05) is 6.54 Å². The first kappa shape index (κ1) is 16.3. The highest BCUT2D eigenvalue weighted by Gasteiger charge is 2.28. The molecule has 0 radical (unpaired) electrons. The van der Waals surface area contributed by atoms with E-state index in [1.165, 1.54) is 25.7 Å². The first-order chi connectivity index (χ1) is 9.94. The summed E-state index contributed by atoms with van der Waals surface area (Å²) in [7, 11) is 0.